The Morgan fingerprint density at radius 2 is 2.08 bits per heavy atom. The molecule has 2 aromatic carbocycles. The molecule has 1 heterocycles. The SMILES string of the molecule is COCCn1c(=NC(=O)c2ccc(Cl)cc2Cl)sc2cccc(C)c21. The largest absolute Gasteiger partial charge is 0.383 e. The number of thiazole rings is 1. The van der Waals surface area contributed by atoms with Crippen molar-refractivity contribution in [3.05, 3.63) is 62.4 Å². The van der Waals surface area contributed by atoms with Gasteiger partial charge in [-0.3, -0.25) is 4.79 Å². The van der Waals surface area contributed by atoms with Crippen LogP contribution in [0.5, 0.6) is 0 Å². The summed E-state index contributed by atoms with van der Waals surface area (Å²) >= 11 is 13.5. The van der Waals surface area contributed by atoms with Gasteiger partial charge in [0.15, 0.2) is 4.80 Å². The zero-order chi connectivity index (χ0) is 18.0. The van der Waals surface area contributed by atoms with Gasteiger partial charge in [-0.05, 0) is 36.8 Å². The number of benzene rings is 2. The molecule has 0 fully saturated rings. The zero-order valence-corrected chi connectivity index (χ0v) is 16.1. The number of halogens is 2. The number of fused-ring (bicyclic) bond motifs is 1. The third-order valence-electron chi connectivity index (χ3n) is 3.78. The number of para-hydroxylation sites is 1. The molecule has 4 nitrogen and oxygen atoms in total. The molecule has 0 atom stereocenters. The molecule has 0 N–H and O–H groups in total. The van der Waals surface area contributed by atoms with Crippen LogP contribution in [0.1, 0.15) is 15.9 Å². The first-order valence-corrected chi connectivity index (χ1v) is 9.20. The van der Waals surface area contributed by atoms with E-state index >= 15 is 0 Å². The third kappa shape index (κ3) is 3.80. The second kappa shape index (κ2) is 7.70. The fourth-order valence-corrected chi connectivity index (χ4v) is 4.21. The quantitative estimate of drug-likeness (QED) is 0.643. The van der Waals surface area contributed by atoms with Gasteiger partial charge in [-0.25, -0.2) is 0 Å². The molecule has 0 bridgehead atoms. The van der Waals surface area contributed by atoms with Crippen LogP contribution in [0.25, 0.3) is 10.2 Å². The summed E-state index contributed by atoms with van der Waals surface area (Å²) in [6.07, 6.45) is 0. The van der Waals surface area contributed by atoms with Gasteiger partial charge in [0, 0.05) is 18.7 Å². The summed E-state index contributed by atoms with van der Waals surface area (Å²) in [6.45, 7) is 3.19. The molecule has 1 amide bonds. The summed E-state index contributed by atoms with van der Waals surface area (Å²) in [5, 5.41) is 0.774. The maximum absolute atomic E-state index is 12.6. The number of aromatic nitrogens is 1. The highest BCUT2D eigenvalue weighted by Gasteiger charge is 2.13. The van der Waals surface area contributed by atoms with Gasteiger partial charge in [0.25, 0.3) is 5.91 Å². The Balaban J connectivity index is 2.14. The van der Waals surface area contributed by atoms with Crippen molar-refractivity contribution < 1.29 is 9.53 Å². The lowest BCUT2D eigenvalue weighted by molar-refractivity contribution is 0.0997. The molecule has 0 aliphatic rings. The van der Waals surface area contributed by atoms with E-state index in [2.05, 4.69) is 4.99 Å². The van der Waals surface area contributed by atoms with Crippen molar-refractivity contribution in [2.75, 3.05) is 13.7 Å². The Kier molecular flexibility index (Phi) is 5.59. The topological polar surface area (TPSA) is 43.6 Å². The molecule has 25 heavy (non-hydrogen) atoms. The lowest BCUT2D eigenvalue weighted by Crippen LogP contribution is -2.19. The number of ether oxygens (including phenoxy) is 1. The van der Waals surface area contributed by atoms with Gasteiger partial charge in [-0.15, -0.1) is 0 Å². The van der Waals surface area contributed by atoms with Crippen molar-refractivity contribution in [1.82, 2.24) is 4.57 Å². The molecule has 130 valence electrons. The number of hydrogen-bond acceptors (Lipinski definition) is 3. The van der Waals surface area contributed by atoms with Crippen molar-refractivity contribution in [3.63, 3.8) is 0 Å². The van der Waals surface area contributed by atoms with Crippen LogP contribution in [0.3, 0.4) is 0 Å². The average Bonchev–Trinajstić information content (AvgIpc) is 2.91. The summed E-state index contributed by atoms with van der Waals surface area (Å²) in [7, 11) is 1.65. The molecule has 3 rings (SSSR count). The fourth-order valence-electron chi connectivity index (χ4n) is 2.59. The van der Waals surface area contributed by atoms with Gasteiger partial charge in [-0.2, -0.15) is 4.99 Å². The van der Waals surface area contributed by atoms with E-state index in [0.717, 1.165) is 15.8 Å². The first kappa shape index (κ1) is 18.1. The van der Waals surface area contributed by atoms with Crippen molar-refractivity contribution in [2.45, 2.75) is 13.5 Å². The second-order valence-corrected chi connectivity index (χ2v) is 7.34. The van der Waals surface area contributed by atoms with E-state index in [4.69, 9.17) is 27.9 Å². The molecular formula is C18H16Cl2N2O2S. The van der Waals surface area contributed by atoms with Gasteiger partial charge in [0.1, 0.15) is 0 Å². The minimum atomic E-state index is -0.392. The molecule has 0 aliphatic carbocycles. The Labute approximate surface area is 159 Å². The van der Waals surface area contributed by atoms with Gasteiger partial charge < -0.3 is 9.30 Å². The summed E-state index contributed by atoms with van der Waals surface area (Å²) in [6, 6.07) is 10.8. The van der Waals surface area contributed by atoms with E-state index in [1.165, 1.54) is 11.3 Å². The van der Waals surface area contributed by atoms with E-state index in [-0.39, 0.29) is 0 Å². The smallest absolute Gasteiger partial charge is 0.281 e. The predicted molar refractivity (Wildman–Crippen MR) is 103 cm³/mol. The lowest BCUT2D eigenvalue weighted by atomic mass is 10.2. The summed E-state index contributed by atoms with van der Waals surface area (Å²) < 4.78 is 8.29. The molecule has 0 aliphatic heterocycles. The fraction of sp³-hybridized carbons (Fsp3) is 0.222. The number of hydrogen-bond donors (Lipinski definition) is 0. The number of aryl methyl sites for hydroxylation is 1. The molecule has 0 saturated heterocycles. The Morgan fingerprint density at radius 3 is 2.80 bits per heavy atom. The van der Waals surface area contributed by atoms with E-state index < -0.39 is 5.91 Å². The van der Waals surface area contributed by atoms with Crippen LogP contribution in [-0.4, -0.2) is 24.2 Å². The molecule has 0 radical (unpaired) electrons. The van der Waals surface area contributed by atoms with E-state index in [9.17, 15) is 4.79 Å². The molecule has 0 unspecified atom stereocenters. The van der Waals surface area contributed by atoms with Crippen LogP contribution in [0.2, 0.25) is 10.0 Å². The van der Waals surface area contributed by atoms with Crippen LogP contribution in [0.4, 0.5) is 0 Å². The zero-order valence-electron chi connectivity index (χ0n) is 13.8. The molecule has 7 heteroatoms. The number of amides is 1. The minimum absolute atomic E-state index is 0.294. The van der Waals surface area contributed by atoms with Crippen molar-refractivity contribution >= 4 is 50.7 Å². The highest BCUT2D eigenvalue weighted by molar-refractivity contribution is 7.16. The van der Waals surface area contributed by atoms with Crippen molar-refractivity contribution in [3.8, 4) is 0 Å². The Bertz CT molecular complexity index is 1010. The predicted octanol–water partition coefficient (Wildman–Crippen LogP) is 4.71. The molecule has 0 spiro atoms. The second-order valence-electron chi connectivity index (χ2n) is 5.49. The average molecular weight is 395 g/mol. The van der Waals surface area contributed by atoms with E-state index in [1.807, 2.05) is 29.7 Å². The van der Waals surface area contributed by atoms with Crippen LogP contribution in [0.15, 0.2) is 41.4 Å². The Hall–Kier alpha value is -1.66. The summed E-state index contributed by atoms with van der Waals surface area (Å²) in [5.74, 6) is -0.392. The summed E-state index contributed by atoms with van der Waals surface area (Å²) in [4.78, 5) is 17.5. The minimum Gasteiger partial charge on any atom is -0.383 e. The van der Waals surface area contributed by atoms with Gasteiger partial charge in [0.05, 0.1) is 27.4 Å². The normalized spacial score (nSPS) is 12.1. The molecule has 3 aromatic rings. The number of rotatable bonds is 4. The van der Waals surface area contributed by atoms with Crippen molar-refractivity contribution in [1.29, 1.82) is 0 Å². The molecule has 1 aromatic heterocycles. The number of nitrogens with zero attached hydrogens (tertiary/aromatic N) is 2. The summed E-state index contributed by atoms with van der Waals surface area (Å²) in [5.41, 5.74) is 2.53. The van der Waals surface area contributed by atoms with Gasteiger partial charge in [0.2, 0.25) is 0 Å². The third-order valence-corrected chi connectivity index (χ3v) is 5.37. The van der Waals surface area contributed by atoms with Crippen LogP contribution in [0, 0.1) is 6.92 Å². The van der Waals surface area contributed by atoms with Crippen LogP contribution < -0.4 is 4.80 Å². The molecular weight excluding hydrogens is 379 g/mol. The van der Waals surface area contributed by atoms with Crippen LogP contribution >= 0.6 is 34.5 Å². The number of methoxy groups -OCH3 is 1. The first-order valence-electron chi connectivity index (χ1n) is 7.63. The Morgan fingerprint density at radius 1 is 1.28 bits per heavy atom. The monoisotopic (exact) mass is 394 g/mol. The van der Waals surface area contributed by atoms with Crippen LogP contribution in [-0.2, 0) is 11.3 Å². The molecule has 0 saturated carbocycles. The van der Waals surface area contributed by atoms with E-state index in [1.54, 1.807) is 25.3 Å². The standard InChI is InChI=1S/C18H16Cl2N2O2S/c1-11-4-3-5-15-16(11)22(8-9-24-2)18(25-15)21-17(23)13-7-6-12(19)10-14(13)20/h3-7,10H,8-9H2,1-2H3. The number of carbonyl (C=O) groups excluding carboxylic acids is 1. The van der Waals surface area contributed by atoms with Gasteiger partial charge >= 0.3 is 0 Å². The maximum atomic E-state index is 12.6. The first-order chi connectivity index (χ1) is 12.0. The highest BCUT2D eigenvalue weighted by Crippen LogP contribution is 2.23. The van der Waals surface area contributed by atoms with Crippen molar-refractivity contribution in [2.24, 2.45) is 4.99 Å². The number of carbonyl (C=O) groups is 1. The van der Waals surface area contributed by atoms with E-state index in [0.29, 0.717) is 33.6 Å². The lowest BCUT2D eigenvalue weighted by Gasteiger charge is -2.06. The highest BCUT2D eigenvalue weighted by atomic mass is 35.5. The van der Waals surface area contributed by atoms with Gasteiger partial charge in [-0.1, -0.05) is 46.7 Å². The maximum Gasteiger partial charge on any atom is 0.281 e.